The van der Waals surface area contributed by atoms with Crippen molar-refractivity contribution in [1.82, 2.24) is 15.1 Å². The summed E-state index contributed by atoms with van der Waals surface area (Å²) in [6, 6.07) is -0.369. The molecule has 0 saturated carbocycles. The van der Waals surface area contributed by atoms with Crippen LogP contribution in [0.15, 0.2) is 0 Å². The second-order valence-electron chi connectivity index (χ2n) is 5.40. The number of carbonyl (C=O) groups is 2. The molecule has 3 aliphatic rings. The maximum atomic E-state index is 12.6. The third kappa shape index (κ3) is 2.80. The fourth-order valence-corrected chi connectivity index (χ4v) is 3.97. The van der Waals surface area contributed by atoms with Crippen molar-refractivity contribution in [2.75, 3.05) is 44.5 Å². The molecule has 3 heterocycles. The zero-order valence-corrected chi connectivity index (χ0v) is 12.4. The molecule has 3 aliphatic heterocycles. The summed E-state index contributed by atoms with van der Waals surface area (Å²) < 4.78 is 5.28. The van der Waals surface area contributed by atoms with Crippen molar-refractivity contribution in [3.63, 3.8) is 0 Å². The number of hydrogen-bond donors (Lipinski definition) is 1. The first kappa shape index (κ1) is 14.2. The summed E-state index contributed by atoms with van der Waals surface area (Å²) in [4.78, 5) is 28.7. The van der Waals surface area contributed by atoms with Crippen LogP contribution in [0.2, 0.25) is 0 Å². The molecule has 7 heteroatoms. The van der Waals surface area contributed by atoms with Crippen LogP contribution in [0.4, 0.5) is 0 Å². The van der Waals surface area contributed by atoms with Gasteiger partial charge < -0.3 is 14.5 Å². The van der Waals surface area contributed by atoms with Crippen molar-refractivity contribution >= 4 is 23.6 Å². The molecule has 3 rings (SSSR count). The van der Waals surface area contributed by atoms with Gasteiger partial charge in [-0.2, -0.15) is 0 Å². The molecule has 2 amide bonds. The molecule has 0 spiro atoms. The monoisotopic (exact) mass is 299 g/mol. The van der Waals surface area contributed by atoms with Crippen LogP contribution in [0.25, 0.3) is 0 Å². The number of nitrogens with one attached hydrogen (secondary N) is 1. The highest BCUT2D eigenvalue weighted by atomic mass is 32.2. The Balaban J connectivity index is 1.65. The maximum Gasteiger partial charge on any atom is 0.245 e. The number of likely N-dealkylation sites (tertiary alicyclic amines) is 1. The zero-order valence-electron chi connectivity index (χ0n) is 11.5. The Bertz CT molecular complexity index is 381. The van der Waals surface area contributed by atoms with Gasteiger partial charge >= 0.3 is 0 Å². The molecule has 0 aliphatic carbocycles. The van der Waals surface area contributed by atoms with Crippen LogP contribution in [-0.4, -0.2) is 78.2 Å². The quantitative estimate of drug-likeness (QED) is 0.745. The lowest BCUT2D eigenvalue weighted by Gasteiger charge is -2.33. The van der Waals surface area contributed by atoms with E-state index in [1.54, 1.807) is 16.7 Å². The van der Waals surface area contributed by atoms with Crippen LogP contribution in [0, 0.1) is 0 Å². The second kappa shape index (κ2) is 6.32. The normalized spacial score (nSPS) is 30.8. The van der Waals surface area contributed by atoms with Gasteiger partial charge in [-0.3, -0.25) is 14.9 Å². The Morgan fingerprint density at radius 1 is 1.15 bits per heavy atom. The van der Waals surface area contributed by atoms with Crippen molar-refractivity contribution in [2.24, 2.45) is 0 Å². The van der Waals surface area contributed by atoms with E-state index in [1.807, 2.05) is 4.90 Å². The number of amides is 2. The number of morpholine rings is 1. The summed E-state index contributed by atoms with van der Waals surface area (Å²) in [5.41, 5.74) is 0. The molecule has 3 fully saturated rings. The van der Waals surface area contributed by atoms with Crippen molar-refractivity contribution in [3.05, 3.63) is 0 Å². The SMILES string of the molecule is O=C(C1CCCN1C(=O)C1CSCN1)N1CCOCC1. The van der Waals surface area contributed by atoms with E-state index >= 15 is 0 Å². The van der Waals surface area contributed by atoms with Crippen molar-refractivity contribution in [1.29, 1.82) is 0 Å². The highest BCUT2D eigenvalue weighted by molar-refractivity contribution is 7.99. The topological polar surface area (TPSA) is 61.9 Å². The van der Waals surface area contributed by atoms with E-state index < -0.39 is 0 Å². The van der Waals surface area contributed by atoms with Gasteiger partial charge in [-0.25, -0.2) is 0 Å². The Hall–Kier alpha value is -0.790. The summed E-state index contributed by atoms with van der Waals surface area (Å²) in [5, 5.41) is 3.20. The average molecular weight is 299 g/mol. The van der Waals surface area contributed by atoms with E-state index in [0.29, 0.717) is 32.8 Å². The molecule has 2 atom stereocenters. The molecule has 6 nitrogen and oxygen atoms in total. The minimum Gasteiger partial charge on any atom is -0.378 e. The summed E-state index contributed by atoms with van der Waals surface area (Å²) in [6.45, 7) is 3.21. The van der Waals surface area contributed by atoms with Gasteiger partial charge in [-0.05, 0) is 12.8 Å². The second-order valence-corrected chi connectivity index (χ2v) is 6.43. The first-order valence-corrected chi connectivity index (χ1v) is 8.41. The Morgan fingerprint density at radius 3 is 2.65 bits per heavy atom. The Labute approximate surface area is 123 Å². The van der Waals surface area contributed by atoms with Gasteiger partial charge in [0.05, 0.1) is 19.3 Å². The van der Waals surface area contributed by atoms with E-state index in [-0.39, 0.29) is 23.9 Å². The van der Waals surface area contributed by atoms with E-state index in [2.05, 4.69) is 5.32 Å². The highest BCUT2D eigenvalue weighted by Crippen LogP contribution is 2.23. The fourth-order valence-electron chi connectivity index (χ4n) is 3.04. The molecule has 0 aromatic heterocycles. The molecule has 112 valence electrons. The molecule has 0 aromatic rings. The number of nitrogens with zero attached hydrogens (tertiary/aromatic N) is 2. The third-order valence-corrected chi connectivity index (χ3v) is 5.10. The molecule has 20 heavy (non-hydrogen) atoms. The molecule has 0 radical (unpaired) electrons. The number of thioether (sulfide) groups is 1. The van der Waals surface area contributed by atoms with Crippen LogP contribution in [0.3, 0.4) is 0 Å². The van der Waals surface area contributed by atoms with E-state index in [1.165, 1.54) is 0 Å². The summed E-state index contributed by atoms with van der Waals surface area (Å²) in [7, 11) is 0. The molecule has 3 saturated heterocycles. The van der Waals surface area contributed by atoms with Crippen molar-refractivity contribution < 1.29 is 14.3 Å². The van der Waals surface area contributed by atoms with Gasteiger partial charge in [0.2, 0.25) is 11.8 Å². The smallest absolute Gasteiger partial charge is 0.245 e. The van der Waals surface area contributed by atoms with Crippen LogP contribution in [-0.2, 0) is 14.3 Å². The lowest BCUT2D eigenvalue weighted by atomic mass is 10.1. The van der Waals surface area contributed by atoms with Gasteiger partial charge in [0.15, 0.2) is 0 Å². The first-order chi connectivity index (χ1) is 9.77. The Kier molecular flexibility index (Phi) is 4.48. The fraction of sp³-hybridized carbons (Fsp3) is 0.846. The highest BCUT2D eigenvalue weighted by Gasteiger charge is 2.39. The van der Waals surface area contributed by atoms with Gasteiger partial charge in [0.1, 0.15) is 6.04 Å². The molecule has 0 aromatic carbocycles. The summed E-state index contributed by atoms with van der Waals surface area (Å²) in [5.74, 6) is 1.84. The number of hydrogen-bond acceptors (Lipinski definition) is 5. The standard InChI is InChI=1S/C13H21N3O3S/c17-12(10-8-20-9-14-10)16-3-1-2-11(16)13(18)15-4-6-19-7-5-15/h10-11,14H,1-9H2. The minimum atomic E-state index is -0.256. The number of carbonyl (C=O) groups excluding carboxylic acids is 2. The van der Waals surface area contributed by atoms with Gasteiger partial charge in [-0.1, -0.05) is 0 Å². The predicted molar refractivity (Wildman–Crippen MR) is 76.4 cm³/mol. The minimum absolute atomic E-state index is 0.0964. The summed E-state index contributed by atoms with van der Waals surface area (Å²) >= 11 is 1.74. The molecule has 2 unspecified atom stereocenters. The molecule has 1 N–H and O–H groups in total. The number of rotatable bonds is 2. The lowest BCUT2D eigenvalue weighted by Crippen LogP contribution is -2.54. The van der Waals surface area contributed by atoms with E-state index in [0.717, 1.165) is 24.5 Å². The molecular weight excluding hydrogens is 278 g/mol. The van der Waals surface area contributed by atoms with Crippen LogP contribution in [0.1, 0.15) is 12.8 Å². The van der Waals surface area contributed by atoms with Crippen LogP contribution < -0.4 is 5.32 Å². The molecule has 0 bridgehead atoms. The maximum absolute atomic E-state index is 12.6. The van der Waals surface area contributed by atoms with Crippen molar-refractivity contribution in [3.8, 4) is 0 Å². The van der Waals surface area contributed by atoms with E-state index in [9.17, 15) is 9.59 Å². The van der Waals surface area contributed by atoms with Crippen molar-refractivity contribution in [2.45, 2.75) is 24.9 Å². The van der Waals surface area contributed by atoms with Gasteiger partial charge in [0, 0.05) is 31.3 Å². The Morgan fingerprint density at radius 2 is 1.95 bits per heavy atom. The zero-order chi connectivity index (χ0) is 13.9. The van der Waals surface area contributed by atoms with Gasteiger partial charge in [-0.15, -0.1) is 11.8 Å². The summed E-state index contributed by atoms with van der Waals surface area (Å²) in [6.07, 6.45) is 1.72. The largest absolute Gasteiger partial charge is 0.378 e. The lowest BCUT2D eigenvalue weighted by molar-refractivity contribution is -0.147. The van der Waals surface area contributed by atoms with Crippen LogP contribution >= 0.6 is 11.8 Å². The van der Waals surface area contributed by atoms with Gasteiger partial charge in [0.25, 0.3) is 0 Å². The average Bonchev–Trinajstić information content (AvgIpc) is 3.18. The van der Waals surface area contributed by atoms with Crippen LogP contribution in [0.5, 0.6) is 0 Å². The first-order valence-electron chi connectivity index (χ1n) is 7.25. The third-order valence-electron chi connectivity index (χ3n) is 4.16. The number of ether oxygens (including phenoxy) is 1. The molecular formula is C13H21N3O3S. The van der Waals surface area contributed by atoms with E-state index in [4.69, 9.17) is 4.74 Å². The predicted octanol–water partition coefficient (Wildman–Crippen LogP) is -0.501.